The molecule has 2 atom stereocenters. The molecule has 1 aromatic rings. The molecule has 144 valence electrons. The van der Waals surface area contributed by atoms with Crippen LogP contribution in [-0.2, 0) is 6.42 Å². The van der Waals surface area contributed by atoms with Crippen molar-refractivity contribution in [1.29, 1.82) is 0 Å². The minimum atomic E-state index is -2.68. The van der Waals surface area contributed by atoms with Gasteiger partial charge < -0.3 is 15.1 Å². The first-order valence-corrected chi connectivity index (χ1v) is 9.38. The summed E-state index contributed by atoms with van der Waals surface area (Å²) in [6.45, 7) is 5.31. The predicted octanol–water partition coefficient (Wildman–Crippen LogP) is 2.69. The first-order chi connectivity index (χ1) is 12.4. The van der Waals surface area contributed by atoms with Crippen molar-refractivity contribution in [2.45, 2.75) is 51.5 Å². The third-order valence-electron chi connectivity index (χ3n) is 5.36. The summed E-state index contributed by atoms with van der Waals surface area (Å²) in [6.07, 6.45) is 3.99. The Hall–Kier alpha value is -1.99. The molecule has 0 radical (unpaired) electrons. The number of aromatic nitrogens is 2. The summed E-state index contributed by atoms with van der Waals surface area (Å²) >= 11 is 0. The standard InChI is InChI=1S/C18H27F2N5O/c1-3-14-9-16(22-12-21-14)24-7-4-5-15(11-24)23-17(26)25-8-6-18(19,20)13(2)10-25/h9,12-13,15H,3-8,10-11H2,1-2H3,(H,23,26). The van der Waals surface area contributed by atoms with Crippen LogP contribution in [0.15, 0.2) is 12.4 Å². The number of piperidine rings is 2. The molecule has 0 aliphatic carbocycles. The number of hydrogen-bond acceptors (Lipinski definition) is 4. The highest BCUT2D eigenvalue weighted by Crippen LogP contribution is 2.33. The van der Waals surface area contributed by atoms with Gasteiger partial charge in [0.2, 0.25) is 0 Å². The van der Waals surface area contributed by atoms with E-state index in [1.165, 1.54) is 11.8 Å². The number of carbonyl (C=O) groups is 1. The third kappa shape index (κ3) is 4.22. The largest absolute Gasteiger partial charge is 0.354 e. The van der Waals surface area contributed by atoms with Crippen molar-refractivity contribution in [2.75, 3.05) is 31.1 Å². The van der Waals surface area contributed by atoms with Gasteiger partial charge in [0.15, 0.2) is 0 Å². The lowest BCUT2D eigenvalue weighted by atomic mass is 9.96. The van der Waals surface area contributed by atoms with Gasteiger partial charge in [0.1, 0.15) is 12.1 Å². The molecule has 2 unspecified atom stereocenters. The monoisotopic (exact) mass is 367 g/mol. The van der Waals surface area contributed by atoms with Gasteiger partial charge in [-0.2, -0.15) is 0 Å². The number of likely N-dealkylation sites (tertiary alicyclic amines) is 1. The van der Waals surface area contributed by atoms with Crippen LogP contribution in [0.4, 0.5) is 19.4 Å². The van der Waals surface area contributed by atoms with E-state index in [9.17, 15) is 13.6 Å². The minimum absolute atomic E-state index is 0.00552. The number of rotatable bonds is 3. The number of hydrogen-bond donors (Lipinski definition) is 1. The van der Waals surface area contributed by atoms with E-state index >= 15 is 0 Å². The highest BCUT2D eigenvalue weighted by Gasteiger charge is 2.42. The number of anilines is 1. The number of nitrogens with zero attached hydrogens (tertiary/aromatic N) is 4. The van der Waals surface area contributed by atoms with Crippen LogP contribution in [0.2, 0.25) is 0 Å². The zero-order chi connectivity index (χ0) is 18.7. The summed E-state index contributed by atoms with van der Waals surface area (Å²) in [4.78, 5) is 24.7. The van der Waals surface area contributed by atoms with Gasteiger partial charge in [-0.1, -0.05) is 13.8 Å². The van der Waals surface area contributed by atoms with E-state index in [1.54, 1.807) is 6.33 Å². The van der Waals surface area contributed by atoms with Crippen molar-refractivity contribution in [1.82, 2.24) is 20.2 Å². The maximum absolute atomic E-state index is 13.6. The van der Waals surface area contributed by atoms with Crippen LogP contribution in [0.25, 0.3) is 0 Å². The average molecular weight is 367 g/mol. The molecule has 0 bridgehead atoms. The topological polar surface area (TPSA) is 61.4 Å². The van der Waals surface area contributed by atoms with Crippen molar-refractivity contribution in [3.8, 4) is 0 Å². The van der Waals surface area contributed by atoms with E-state index < -0.39 is 11.8 Å². The zero-order valence-electron chi connectivity index (χ0n) is 15.4. The lowest BCUT2D eigenvalue weighted by molar-refractivity contribution is -0.0907. The smallest absolute Gasteiger partial charge is 0.317 e. The van der Waals surface area contributed by atoms with E-state index in [-0.39, 0.29) is 31.6 Å². The Balaban J connectivity index is 1.57. The van der Waals surface area contributed by atoms with Crippen LogP contribution in [0.3, 0.4) is 0 Å². The fourth-order valence-corrected chi connectivity index (χ4v) is 3.59. The molecule has 3 heterocycles. The Morgan fingerprint density at radius 3 is 2.88 bits per heavy atom. The first-order valence-electron chi connectivity index (χ1n) is 9.38. The van der Waals surface area contributed by atoms with Gasteiger partial charge in [-0.05, 0) is 19.3 Å². The summed E-state index contributed by atoms with van der Waals surface area (Å²) in [5.41, 5.74) is 0.990. The highest BCUT2D eigenvalue weighted by atomic mass is 19.3. The molecule has 2 fully saturated rings. The van der Waals surface area contributed by atoms with Gasteiger partial charge >= 0.3 is 6.03 Å². The Bertz CT molecular complexity index is 642. The normalized spacial score (nSPS) is 25.8. The molecule has 6 nitrogen and oxygen atoms in total. The second-order valence-electron chi connectivity index (χ2n) is 7.31. The van der Waals surface area contributed by atoms with Crippen molar-refractivity contribution in [2.24, 2.45) is 5.92 Å². The van der Waals surface area contributed by atoms with Crippen LogP contribution in [0.5, 0.6) is 0 Å². The average Bonchev–Trinajstić information content (AvgIpc) is 2.64. The number of aryl methyl sites for hydroxylation is 1. The summed E-state index contributed by atoms with van der Waals surface area (Å²) < 4.78 is 27.2. The Morgan fingerprint density at radius 2 is 2.15 bits per heavy atom. The molecule has 1 aromatic heterocycles. The molecule has 2 aliphatic rings. The molecule has 8 heteroatoms. The second kappa shape index (κ2) is 7.72. The lowest BCUT2D eigenvalue weighted by Crippen LogP contribution is -2.55. The highest BCUT2D eigenvalue weighted by molar-refractivity contribution is 5.74. The van der Waals surface area contributed by atoms with E-state index in [0.717, 1.165) is 37.3 Å². The van der Waals surface area contributed by atoms with Gasteiger partial charge in [0.05, 0.1) is 0 Å². The lowest BCUT2D eigenvalue weighted by Gasteiger charge is -2.39. The van der Waals surface area contributed by atoms with Crippen LogP contribution >= 0.6 is 0 Å². The van der Waals surface area contributed by atoms with Crippen molar-refractivity contribution >= 4 is 11.8 Å². The maximum atomic E-state index is 13.6. The number of nitrogens with one attached hydrogen (secondary N) is 1. The van der Waals surface area contributed by atoms with Gasteiger partial charge in [-0.25, -0.2) is 23.5 Å². The van der Waals surface area contributed by atoms with Crippen molar-refractivity contribution < 1.29 is 13.6 Å². The summed E-state index contributed by atoms with van der Waals surface area (Å²) in [7, 11) is 0. The van der Waals surface area contributed by atoms with Gasteiger partial charge in [0, 0.05) is 56.3 Å². The predicted molar refractivity (Wildman–Crippen MR) is 95.5 cm³/mol. The van der Waals surface area contributed by atoms with E-state index in [1.807, 2.05) is 6.07 Å². The van der Waals surface area contributed by atoms with E-state index in [4.69, 9.17) is 0 Å². The van der Waals surface area contributed by atoms with Gasteiger partial charge in [-0.3, -0.25) is 0 Å². The van der Waals surface area contributed by atoms with Gasteiger partial charge in [-0.15, -0.1) is 0 Å². The van der Waals surface area contributed by atoms with Crippen LogP contribution in [0, 0.1) is 5.92 Å². The molecular formula is C18H27F2N5O. The Labute approximate surface area is 153 Å². The molecule has 26 heavy (non-hydrogen) atoms. The molecule has 0 aromatic carbocycles. The van der Waals surface area contributed by atoms with Crippen molar-refractivity contribution in [3.63, 3.8) is 0 Å². The molecule has 2 amide bonds. The number of alkyl halides is 2. The van der Waals surface area contributed by atoms with Crippen molar-refractivity contribution in [3.05, 3.63) is 18.1 Å². The Morgan fingerprint density at radius 1 is 1.35 bits per heavy atom. The molecule has 0 spiro atoms. The van der Waals surface area contributed by atoms with Crippen LogP contribution in [-0.4, -0.2) is 59.0 Å². The van der Waals surface area contributed by atoms with E-state index in [0.29, 0.717) is 6.54 Å². The fourth-order valence-electron chi connectivity index (χ4n) is 3.59. The molecule has 2 saturated heterocycles. The SMILES string of the molecule is CCc1cc(N2CCCC(NC(=O)N3CCC(F)(F)C(C)C3)C2)ncn1. The number of urea groups is 1. The summed E-state index contributed by atoms with van der Waals surface area (Å²) in [5.74, 6) is -2.61. The number of amides is 2. The maximum Gasteiger partial charge on any atom is 0.317 e. The third-order valence-corrected chi connectivity index (χ3v) is 5.36. The van der Waals surface area contributed by atoms with Crippen LogP contribution < -0.4 is 10.2 Å². The number of carbonyl (C=O) groups excluding carboxylic acids is 1. The summed E-state index contributed by atoms with van der Waals surface area (Å²) in [5, 5.41) is 3.02. The van der Waals surface area contributed by atoms with E-state index in [2.05, 4.69) is 27.1 Å². The number of halogens is 2. The zero-order valence-corrected chi connectivity index (χ0v) is 15.4. The molecule has 2 aliphatic heterocycles. The quantitative estimate of drug-likeness (QED) is 0.892. The van der Waals surface area contributed by atoms with Gasteiger partial charge in [0.25, 0.3) is 5.92 Å². The minimum Gasteiger partial charge on any atom is -0.354 e. The van der Waals surface area contributed by atoms with Crippen LogP contribution in [0.1, 0.15) is 38.8 Å². The molecular weight excluding hydrogens is 340 g/mol. The molecule has 0 saturated carbocycles. The fraction of sp³-hybridized carbons (Fsp3) is 0.722. The second-order valence-corrected chi connectivity index (χ2v) is 7.31. The summed E-state index contributed by atoms with van der Waals surface area (Å²) in [6, 6.07) is 1.74. The first kappa shape index (κ1) is 18.8. The molecule has 3 rings (SSSR count). The molecule has 1 N–H and O–H groups in total. The Kier molecular flexibility index (Phi) is 5.58.